The first kappa shape index (κ1) is 15.1. The molecule has 0 spiro atoms. The van der Waals surface area contributed by atoms with Gasteiger partial charge in [0.25, 0.3) is 0 Å². The minimum Gasteiger partial charge on any atom is -0.480 e. The summed E-state index contributed by atoms with van der Waals surface area (Å²) in [4.78, 5) is 14.0. The lowest BCUT2D eigenvalue weighted by molar-refractivity contribution is -0.144. The second-order valence-corrected chi connectivity index (χ2v) is 5.80. The molecule has 0 aromatic heterocycles. The van der Waals surface area contributed by atoms with Gasteiger partial charge in [-0.1, -0.05) is 24.6 Å². The minimum atomic E-state index is -0.880. The van der Waals surface area contributed by atoms with Gasteiger partial charge >= 0.3 is 5.97 Å². The summed E-state index contributed by atoms with van der Waals surface area (Å²) in [6.07, 6.45) is 2.31. The molecule has 1 heterocycles. The number of anilines is 1. The van der Waals surface area contributed by atoms with Crippen molar-refractivity contribution in [3.8, 4) is 0 Å². The Kier molecular flexibility index (Phi) is 4.89. The molecule has 0 saturated carbocycles. The van der Waals surface area contributed by atoms with Crippen LogP contribution in [0.25, 0.3) is 0 Å². The summed E-state index contributed by atoms with van der Waals surface area (Å²) in [7, 11) is 0. The van der Waals surface area contributed by atoms with Crippen LogP contribution in [0.4, 0.5) is 5.69 Å². The zero-order chi connectivity index (χ0) is 14.6. The van der Waals surface area contributed by atoms with Gasteiger partial charge in [0.05, 0.1) is 0 Å². The lowest BCUT2D eigenvalue weighted by atomic mass is 9.87. The molecular formula is C15H21ClN2O2. The number of nitrogens with zero attached hydrogens (tertiary/aromatic N) is 1. The van der Waals surface area contributed by atoms with Gasteiger partial charge in [-0.25, -0.2) is 4.79 Å². The normalized spacial score (nSPS) is 18.7. The maximum atomic E-state index is 11.7. The lowest BCUT2D eigenvalue weighted by Crippen LogP contribution is -2.54. The highest BCUT2D eigenvalue weighted by Crippen LogP contribution is 2.28. The fourth-order valence-corrected chi connectivity index (χ4v) is 2.90. The second-order valence-electron chi connectivity index (χ2n) is 5.36. The van der Waals surface area contributed by atoms with Gasteiger partial charge in [0.15, 0.2) is 0 Å². The molecule has 1 aromatic carbocycles. The number of benzene rings is 1. The van der Waals surface area contributed by atoms with E-state index in [1.807, 2.05) is 12.1 Å². The smallest absolute Gasteiger partial charge is 0.329 e. The molecule has 5 heteroatoms. The number of aliphatic carboxylic acids is 1. The molecule has 1 saturated heterocycles. The van der Waals surface area contributed by atoms with Gasteiger partial charge in [-0.3, -0.25) is 0 Å². The monoisotopic (exact) mass is 296 g/mol. The van der Waals surface area contributed by atoms with Crippen LogP contribution in [0, 0.1) is 0 Å². The number of rotatable bonds is 5. The van der Waals surface area contributed by atoms with E-state index in [9.17, 15) is 9.90 Å². The summed E-state index contributed by atoms with van der Waals surface area (Å²) < 4.78 is 0. The first-order valence-corrected chi connectivity index (χ1v) is 7.43. The van der Waals surface area contributed by atoms with Crippen LogP contribution < -0.4 is 5.32 Å². The molecular weight excluding hydrogens is 276 g/mol. The van der Waals surface area contributed by atoms with Crippen LogP contribution in [0.5, 0.6) is 0 Å². The molecule has 20 heavy (non-hydrogen) atoms. The molecule has 2 N–H and O–H groups in total. The van der Waals surface area contributed by atoms with Gasteiger partial charge in [-0.15, -0.1) is 0 Å². The van der Waals surface area contributed by atoms with Crippen molar-refractivity contribution in [2.45, 2.75) is 31.7 Å². The predicted octanol–water partition coefficient (Wildman–Crippen LogP) is 3.08. The number of nitrogens with one attached hydrogen (secondary N) is 1. The molecule has 4 nitrogen and oxygen atoms in total. The first-order chi connectivity index (χ1) is 9.55. The van der Waals surface area contributed by atoms with Crippen LogP contribution in [0.1, 0.15) is 26.2 Å². The molecule has 0 amide bonds. The SMILES string of the molecule is CCCN1CCC(Nc2cccc(Cl)c2)(C(=O)O)CC1. The summed E-state index contributed by atoms with van der Waals surface area (Å²) in [5, 5.41) is 13.4. The van der Waals surface area contributed by atoms with Crippen LogP contribution >= 0.6 is 11.6 Å². The lowest BCUT2D eigenvalue weighted by Gasteiger charge is -2.39. The van der Waals surface area contributed by atoms with E-state index in [0.717, 1.165) is 31.7 Å². The Morgan fingerprint density at radius 2 is 2.15 bits per heavy atom. The molecule has 2 rings (SSSR count). The van der Waals surface area contributed by atoms with Gasteiger partial charge in [0.2, 0.25) is 0 Å². The quantitative estimate of drug-likeness (QED) is 0.877. The first-order valence-electron chi connectivity index (χ1n) is 7.05. The molecule has 0 aliphatic carbocycles. The Morgan fingerprint density at radius 3 is 2.70 bits per heavy atom. The van der Waals surface area contributed by atoms with E-state index in [1.165, 1.54) is 0 Å². The number of piperidine rings is 1. The zero-order valence-corrected chi connectivity index (χ0v) is 12.5. The second kappa shape index (κ2) is 6.46. The largest absolute Gasteiger partial charge is 0.480 e. The predicted molar refractivity (Wildman–Crippen MR) is 81.4 cm³/mol. The maximum absolute atomic E-state index is 11.7. The molecule has 1 aliphatic rings. The summed E-state index contributed by atoms with van der Waals surface area (Å²) in [6, 6.07) is 7.23. The van der Waals surface area contributed by atoms with Crippen molar-refractivity contribution >= 4 is 23.3 Å². The van der Waals surface area contributed by atoms with E-state index in [0.29, 0.717) is 17.9 Å². The summed E-state index contributed by atoms with van der Waals surface area (Å²) >= 11 is 5.96. The van der Waals surface area contributed by atoms with E-state index in [4.69, 9.17) is 11.6 Å². The van der Waals surface area contributed by atoms with E-state index < -0.39 is 11.5 Å². The summed E-state index contributed by atoms with van der Waals surface area (Å²) in [5.74, 6) is -0.784. The number of carbonyl (C=O) groups is 1. The molecule has 0 radical (unpaired) electrons. The Bertz CT molecular complexity index is 471. The highest BCUT2D eigenvalue weighted by molar-refractivity contribution is 6.30. The highest BCUT2D eigenvalue weighted by Gasteiger charge is 2.41. The fourth-order valence-electron chi connectivity index (χ4n) is 2.71. The zero-order valence-electron chi connectivity index (χ0n) is 11.7. The van der Waals surface area contributed by atoms with Gasteiger partial charge in [-0.2, -0.15) is 0 Å². The third-order valence-corrected chi connectivity index (χ3v) is 4.10. The summed E-state index contributed by atoms with van der Waals surface area (Å²) in [5.41, 5.74) is -0.113. The van der Waals surface area contributed by atoms with E-state index in [-0.39, 0.29) is 0 Å². The number of hydrogen-bond donors (Lipinski definition) is 2. The van der Waals surface area contributed by atoms with Crippen molar-refractivity contribution in [2.75, 3.05) is 25.0 Å². The topological polar surface area (TPSA) is 52.6 Å². The maximum Gasteiger partial charge on any atom is 0.329 e. The van der Waals surface area contributed by atoms with E-state index >= 15 is 0 Å². The van der Waals surface area contributed by atoms with Crippen molar-refractivity contribution in [1.29, 1.82) is 0 Å². The summed E-state index contributed by atoms with van der Waals surface area (Å²) in [6.45, 7) is 4.80. The van der Waals surface area contributed by atoms with E-state index in [1.54, 1.807) is 12.1 Å². The molecule has 0 atom stereocenters. The Hall–Kier alpha value is -1.26. The van der Waals surface area contributed by atoms with Crippen molar-refractivity contribution in [3.63, 3.8) is 0 Å². The Labute approximate surface area is 124 Å². The molecule has 1 aliphatic heterocycles. The fraction of sp³-hybridized carbons (Fsp3) is 0.533. The minimum absolute atomic E-state index is 0.606. The molecule has 0 unspecified atom stereocenters. The van der Waals surface area contributed by atoms with Crippen molar-refractivity contribution in [1.82, 2.24) is 4.90 Å². The van der Waals surface area contributed by atoms with Crippen LogP contribution in [-0.4, -0.2) is 41.1 Å². The van der Waals surface area contributed by atoms with Crippen LogP contribution in [0.15, 0.2) is 24.3 Å². The highest BCUT2D eigenvalue weighted by atomic mass is 35.5. The Morgan fingerprint density at radius 1 is 1.45 bits per heavy atom. The molecule has 1 aromatic rings. The van der Waals surface area contributed by atoms with Crippen LogP contribution in [0.3, 0.4) is 0 Å². The Balaban J connectivity index is 2.10. The van der Waals surface area contributed by atoms with Gasteiger partial charge in [-0.05, 0) is 44.0 Å². The number of likely N-dealkylation sites (tertiary alicyclic amines) is 1. The average Bonchev–Trinajstić information content (AvgIpc) is 2.41. The van der Waals surface area contributed by atoms with Gasteiger partial charge in [0, 0.05) is 23.8 Å². The number of hydrogen-bond acceptors (Lipinski definition) is 3. The van der Waals surface area contributed by atoms with Crippen molar-refractivity contribution < 1.29 is 9.90 Å². The van der Waals surface area contributed by atoms with Gasteiger partial charge < -0.3 is 15.3 Å². The third-order valence-electron chi connectivity index (χ3n) is 3.87. The number of halogens is 1. The van der Waals surface area contributed by atoms with Gasteiger partial charge in [0.1, 0.15) is 5.54 Å². The number of carboxylic acid groups (broad SMARTS) is 1. The van der Waals surface area contributed by atoms with Crippen molar-refractivity contribution in [2.24, 2.45) is 0 Å². The molecule has 0 bridgehead atoms. The van der Waals surface area contributed by atoms with E-state index in [2.05, 4.69) is 17.1 Å². The van der Waals surface area contributed by atoms with Crippen LogP contribution in [-0.2, 0) is 4.79 Å². The number of carboxylic acids is 1. The third kappa shape index (κ3) is 3.44. The van der Waals surface area contributed by atoms with Crippen LogP contribution in [0.2, 0.25) is 5.02 Å². The molecule has 110 valence electrons. The molecule has 1 fully saturated rings. The van der Waals surface area contributed by atoms with Crippen molar-refractivity contribution in [3.05, 3.63) is 29.3 Å². The average molecular weight is 297 g/mol. The standard InChI is InChI=1S/C15H21ClN2O2/c1-2-8-18-9-6-15(7-10-18,14(19)20)17-13-5-3-4-12(16)11-13/h3-5,11,17H,2,6-10H2,1H3,(H,19,20).